The molecule has 2 aromatic rings. The average molecular weight is 252 g/mol. The van der Waals surface area contributed by atoms with E-state index in [9.17, 15) is 10.1 Å². The van der Waals surface area contributed by atoms with Gasteiger partial charge in [0.15, 0.2) is 0 Å². The van der Waals surface area contributed by atoms with Gasteiger partial charge in [-0.2, -0.15) is 9.38 Å². The molecule has 0 aliphatic heterocycles. The van der Waals surface area contributed by atoms with Crippen LogP contribution in [0, 0.1) is 10.1 Å². The van der Waals surface area contributed by atoms with Gasteiger partial charge in [0.1, 0.15) is 6.20 Å². The number of likely N-dealkylation sites (N-methyl/N-ethyl adjacent to an activating group) is 1. The summed E-state index contributed by atoms with van der Waals surface area (Å²) in [4.78, 5) is 17.3. The van der Waals surface area contributed by atoms with E-state index in [2.05, 4.69) is 11.6 Å². The van der Waals surface area contributed by atoms with Crippen LogP contribution in [-0.4, -0.2) is 27.9 Å². The van der Waals surface area contributed by atoms with E-state index in [-0.39, 0.29) is 5.82 Å². The van der Waals surface area contributed by atoms with Crippen LogP contribution in [-0.2, 0) is 0 Å². The summed E-state index contributed by atoms with van der Waals surface area (Å²) in [6.07, 6.45) is 1.66. The van der Waals surface area contributed by atoms with Crippen LogP contribution < -0.4 is 4.90 Å². The van der Waals surface area contributed by atoms with Crippen LogP contribution in [0.15, 0.2) is 23.7 Å². The van der Waals surface area contributed by atoms with E-state index in [0.717, 1.165) is 5.57 Å². The molecule has 2 aromatic heterocycles. The highest BCUT2D eigenvalue weighted by molar-refractivity contribution is 7.15. The normalized spacial score (nSPS) is 10.7. The Hall–Kier alpha value is -1.89. The van der Waals surface area contributed by atoms with E-state index in [0.29, 0.717) is 17.3 Å². The molecule has 0 atom stereocenters. The number of fused-ring (bicyclic) bond motifs is 1. The number of aromatic nitrogens is 2. The highest BCUT2D eigenvalue weighted by atomic mass is 32.1. The lowest BCUT2D eigenvalue weighted by Crippen LogP contribution is -2.20. The zero-order valence-electron chi connectivity index (χ0n) is 9.58. The Bertz CT molecular complexity index is 586. The summed E-state index contributed by atoms with van der Waals surface area (Å²) >= 11 is 1.37. The number of imidazole rings is 1. The van der Waals surface area contributed by atoms with Crippen molar-refractivity contribution in [1.82, 2.24) is 9.38 Å². The molecule has 90 valence electrons. The minimum atomic E-state index is -0.406. The fourth-order valence-electron chi connectivity index (χ4n) is 1.67. The van der Waals surface area contributed by atoms with E-state index in [1.165, 1.54) is 15.7 Å². The lowest BCUT2D eigenvalue weighted by molar-refractivity contribution is -0.389. The molecule has 2 heterocycles. The van der Waals surface area contributed by atoms with Gasteiger partial charge in [-0.25, -0.2) is 0 Å². The fraction of sp³-hybridized carbons (Fsp3) is 0.300. The van der Waals surface area contributed by atoms with Crippen molar-refractivity contribution in [2.45, 2.75) is 6.92 Å². The van der Waals surface area contributed by atoms with Crippen LogP contribution in [0.2, 0.25) is 0 Å². The summed E-state index contributed by atoms with van der Waals surface area (Å²) in [5.41, 5.74) is 0.929. The van der Waals surface area contributed by atoms with E-state index in [1.54, 1.807) is 23.5 Å². The summed E-state index contributed by atoms with van der Waals surface area (Å²) in [5.74, 6) is 0.384. The number of hydrogen-bond acceptors (Lipinski definition) is 5. The predicted molar refractivity (Wildman–Crippen MR) is 67.8 cm³/mol. The monoisotopic (exact) mass is 252 g/mol. The first kappa shape index (κ1) is 11.6. The Balaban J connectivity index is 2.52. The lowest BCUT2D eigenvalue weighted by atomic mass is 10.3. The molecule has 0 amide bonds. The maximum Gasteiger partial charge on any atom is 0.373 e. The second kappa shape index (κ2) is 4.17. The number of thiazole rings is 1. The molecule has 0 spiro atoms. The maximum atomic E-state index is 11.1. The standard InChI is InChI=1S/C10H12N4O2S/c1-7(2)6-12(3)8-9(14(15)16)13-4-5-17-10(13)11-8/h4-5H,1,6H2,2-3H3. The second-order valence-electron chi connectivity index (χ2n) is 3.88. The average Bonchev–Trinajstić information content (AvgIpc) is 2.72. The zero-order chi connectivity index (χ0) is 12.6. The van der Waals surface area contributed by atoms with Crippen LogP contribution in [0.3, 0.4) is 0 Å². The van der Waals surface area contributed by atoms with Gasteiger partial charge in [-0.15, -0.1) is 0 Å². The largest absolute Gasteiger partial charge is 0.373 e. The minimum absolute atomic E-state index is 0.00463. The molecule has 0 aliphatic carbocycles. The Morgan fingerprint density at radius 3 is 3.06 bits per heavy atom. The molecule has 2 rings (SSSR count). The summed E-state index contributed by atoms with van der Waals surface area (Å²) in [6.45, 7) is 6.22. The van der Waals surface area contributed by atoms with Gasteiger partial charge in [-0.1, -0.05) is 23.5 Å². The topological polar surface area (TPSA) is 63.7 Å². The van der Waals surface area contributed by atoms with Gasteiger partial charge in [-0.05, 0) is 11.8 Å². The number of nitro groups is 1. The molecule has 6 nitrogen and oxygen atoms in total. The highest BCUT2D eigenvalue weighted by Crippen LogP contribution is 2.30. The minimum Gasteiger partial charge on any atom is -0.358 e. The molecule has 0 aliphatic rings. The maximum absolute atomic E-state index is 11.1. The molecule has 0 radical (unpaired) electrons. The van der Waals surface area contributed by atoms with Crippen LogP contribution >= 0.6 is 11.3 Å². The van der Waals surface area contributed by atoms with Crippen LogP contribution in [0.4, 0.5) is 11.6 Å². The first-order chi connectivity index (χ1) is 8.00. The van der Waals surface area contributed by atoms with Gasteiger partial charge in [0.2, 0.25) is 5.82 Å². The Kier molecular flexibility index (Phi) is 2.84. The predicted octanol–water partition coefficient (Wildman–Crippen LogP) is 2.32. The Morgan fingerprint density at radius 1 is 1.76 bits per heavy atom. The number of rotatable bonds is 4. The lowest BCUT2D eigenvalue weighted by Gasteiger charge is -2.15. The molecule has 0 saturated heterocycles. The van der Waals surface area contributed by atoms with Crippen LogP contribution in [0.5, 0.6) is 0 Å². The van der Waals surface area contributed by atoms with Crippen molar-refractivity contribution in [3.8, 4) is 0 Å². The quantitative estimate of drug-likeness (QED) is 0.476. The molecular weight excluding hydrogens is 240 g/mol. The summed E-state index contributed by atoms with van der Waals surface area (Å²) in [7, 11) is 1.77. The third-order valence-electron chi connectivity index (χ3n) is 2.26. The van der Waals surface area contributed by atoms with Crippen LogP contribution in [0.25, 0.3) is 4.96 Å². The zero-order valence-corrected chi connectivity index (χ0v) is 10.4. The molecule has 0 bridgehead atoms. The van der Waals surface area contributed by atoms with Crippen molar-refractivity contribution in [2.24, 2.45) is 0 Å². The second-order valence-corrected chi connectivity index (χ2v) is 4.76. The first-order valence-electron chi connectivity index (χ1n) is 4.96. The number of hydrogen-bond donors (Lipinski definition) is 0. The van der Waals surface area contributed by atoms with E-state index < -0.39 is 4.92 Å². The van der Waals surface area contributed by atoms with Crippen molar-refractivity contribution < 1.29 is 4.92 Å². The summed E-state index contributed by atoms with van der Waals surface area (Å²) < 4.78 is 1.49. The van der Waals surface area contributed by atoms with Gasteiger partial charge >= 0.3 is 5.82 Å². The van der Waals surface area contributed by atoms with Gasteiger partial charge in [0, 0.05) is 19.0 Å². The molecule has 0 saturated carbocycles. The SMILES string of the molecule is C=C(C)CN(C)c1nc2sccn2c1[N+](=O)[O-]. The van der Waals surface area contributed by atoms with Gasteiger partial charge in [0.25, 0.3) is 4.96 Å². The molecule has 0 aromatic carbocycles. The van der Waals surface area contributed by atoms with Gasteiger partial charge < -0.3 is 15.0 Å². The molecule has 17 heavy (non-hydrogen) atoms. The highest BCUT2D eigenvalue weighted by Gasteiger charge is 2.26. The third kappa shape index (κ3) is 2.01. The van der Waals surface area contributed by atoms with E-state index >= 15 is 0 Å². The number of anilines is 1. The molecule has 7 heteroatoms. The first-order valence-corrected chi connectivity index (χ1v) is 5.84. The third-order valence-corrected chi connectivity index (χ3v) is 3.02. The van der Waals surface area contributed by atoms with Crippen molar-refractivity contribution >= 4 is 27.9 Å². The molecular formula is C10H12N4O2S. The van der Waals surface area contributed by atoms with E-state index in [4.69, 9.17) is 0 Å². The van der Waals surface area contributed by atoms with Crippen LogP contribution in [0.1, 0.15) is 6.92 Å². The molecule has 0 fully saturated rings. The van der Waals surface area contributed by atoms with Crippen molar-refractivity contribution in [3.05, 3.63) is 33.8 Å². The smallest absolute Gasteiger partial charge is 0.358 e. The van der Waals surface area contributed by atoms with E-state index in [1.807, 2.05) is 6.92 Å². The molecule has 0 N–H and O–H groups in total. The number of nitrogens with zero attached hydrogens (tertiary/aromatic N) is 4. The van der Waals surface area contributed by atoms with Crippen molar-refractivity contribution in [3.63, 3.8) is 0 Å². The Labute approximate surface area is 102 Å². The van der Waals surface area contributed by atoms with Crippen molar-refractivity contribution in [2.75, 3.05) is 18.5 Å². The molecule has 0 unspecified atom stereocenters. The van der Waals surface area contributed by atoms with Crippen molar-refractivity contribution in [1.29, 1.82) is 0 Å². The van der Waals surface area contributed by atoms with Gasteiger partial charge in [-0.3, -0.25) is 0 Å². The van der Waals surface area contributed by atoms with Gasteiger partial charge in [0.05, 0.1) is 0 Å². The fourth-order valence-corrected chi connectivity index (χ4v) is 2.37. The Morgan fingerprint density at radius 2 is 2.47 bits per heavy atom. The summed E-state index contributed by atoms with van der Waals surface area (Å²) in [5, 5.41) is 12.9. The summed E-state index contributed by atoms with van der Waals surface area (Å²) in [6, 6.07) is 0.